The van der Waals surface area contributed by atoms with Crippen LogP contribution in [0.15, 0.2) is 46.0 Å². The molecule has 1 saturated heterocycles. The summed E-state index contributed by atoms with van der Waals surface area (Å²) in [7, 11) is 5.56. The third-order valence-corrected chi connectivity index (χ3v) is 5.91. The number of nitrogens with one attached hydrogen (secondary N) is 1. The van der Waals surface area contributed by atoms with E-state index in [1.165, 1.54) is 12.4 Å². The molecule has 0 saturated carbocycles. The molecule has 3 heterocycles. The lowest BCUT2D eigenvalue weighted by Crippen LogP contribution is -2.44. The first-order valence-corrected chi connectivity index (χ1v) is 11.7. The van der Waals surface area contributed by atoms with E-state index < -0.39 is 0 Å². The van der Waals surface area contributed by atoms with E-state index in [-0.39, 0.29) is 0 Å². The van der Waals surface area contributed by atoms with E-state index in [2.05, 4.69) is 26.9 Å². The van der Waals surface area contributed by atoms with Crippen LogP contribution in [0.3, 0.4) is 0 Å². The first-order valence-electron chi connectivity index (χ1n) is 11.7. The molecule has 0 amide bonds. The van der Waals surface area contributed by atoms with Gasteiger partial charge in [-0.15, -0.1) is 0 Å². The first kappa shape index (κ1) is 25.1. The summed E-state index contributed by atoms with van der Waals surface area (Å²) >= 11 is 0. The number of methoxy groups -OCH3 is 1. The van der Waals surface area contributed by atoms with Crippen LogP contribution in [0.25, 0.3) is 22.6 Å². The Hall–Kier alpha value is -3.96. The normalized spacial score (nSPS) is 14.7. The Morgan fingerprint density at radius 2 is 1.97 bits per heavy atom. The Labute approximate surface area is 210 Å². The van der Waals surface area contributed by atoms with Crippen LogP contribution in [0.4, 0.5) is 5.82 Å². The summed E-state index contributed by atoms with van der Waals surface area (Å²) in [6.07, 6.45) is 3.56. The fourth-order valence-electron chi connectivity index (χ4n) is 3.98. The summed E-state index contributed by atoms with van der Waals surface area (Å²) in [6, 6.07) is 7.75. The van der Waals surface area contributed by atoms with Gasteiger partial charge in [-0.2, -0.15) is 0 Å². The van der Waals surface area contributed by atoms with E-state index in [1.54, 1.807) is 7.11 Å². The summed E-state index contributed by atoms with van der Waals surface area (Å²) in [5.74, 6) is 3.12. The highest BCUT2D eigenvalue weighted by atomic mass is 16.5. The van der Waals surface area contributed by atoms with Gasteiger partial charge in [0.2, 0.25) is 0 Å². The Bertz CT molecular complexity index is 1270. The second-order valence-electron chi connectivity index (χ2n) is 8.49. The van der Waals surface area contributed by atoms with Crippen LogP contribution < -0.4 is 15.0 Å². The number of fused-ring (bicyclic) bond motifs is 1. The van der Waals surface area contributed by atoms with E-state index in [9.17, 15) is 4.79 Å². The highest BCUT2D eigenvalue weighted by Gasteiger charge is 2.22. The molecule has 1 aromatic carbocycles. The van der Waals surface area contributed by atoms with Crippen molar-refractivity contribution in [2.75, 3.05) is 51.9 Å². The molecule has 1 fully saturated rings. The number of allylic oxidation sites excluding steroid dienone is 1. The van der Waals surface area contributed by atoms with E-state index >= 15 is 0 Å². The quantitative estimate of drug-likeness (QED) is 0.260. The zero-order chi connectivity index (χ0) is 25.5. The van der Waals surface area contributed by atoms with Gasteiger partial charge in [0.05, 0.1) is 25.9 Å². The minimum absolute atomic E-state index is 0.364. The van der Waals surface area contributed by atoms with Crippen LogP contribution in [0.1, 0.15) is 5.82 Å². The van der Waals surface area contributed by atoms with Gasteiger partial charge in [0.15, 0.2) is 29.1 Å². The molecule has 0 atom stereocenters. The summed E-state index contributed by atoms with van der Waals surface area (Å²) < 4.78 is 7.31. The Kier molecular flexibility index (Phi) is 8.13. The second kappa shape index (κ2) is 11.6. The number of hydrogen-bond acceptors (Lipinski definition) is 10. The largest absolute Gasteiger partial charge is 0.497 e. The lowest BCUT2D eigenvalue weighted by atomic mass is 10.2. The molecule has 188 valence electrons. The molecule has 11 heteroatoms. The number of carbonyl (C=O) groups is 1. The van der Waals surface area contributed by atoms with E-state index in [0.29, 0.717) is 30.9 Å². The van der Waals surface area contributed by atoms with Gasteiger partial charge in [-0.1, -0.05) is 0 Å². The number of piperazine rings is 1. The smallest absolute Gasteiger partial charge is 0.166 e. The number of anilines is 1. The number of rotatable bonds is 10. The first-order chi connectivity index (χ1) is 17.5. The molecule has 1 aliphatic heterocycles. The topological polar surface area (TPSA) is 113 Å². The molecule has 3 aromatic rings. The van der Waals surface area contributed by atoms with Gasteiger partial charge in [-0.05, 0) is 38.0 Å². The van der Waals surface area contributed by atoms with Crippen molar-refractivity contribution >= 4 is 36.2 Å². The molecular weight excluding hydrogens is 458 g/mol. The van der Waals surface area contributed by atoms with Crippen molar-refractivity contribution in [1.29, 1.82) is 0 Å². The molecule has 1 aliphatic rings. The average molecular weight is 490 g/mol. The predicted molar refractivity (Wildman–Crippen MR) is 142 cm³/mol. The Morgan fingerprint density at radius 1 is 1.22 bits per heavy atom. The van der Waals surface area contributed by atoms with Gasteiger partial charge in [-0.25, -0.2) is 15.0 Å². The standard InChI is InChI=1S/C25H31N9O2/c1-26-13-18(16-35)14-28-17-32(2)15-21-29-22-24(33(21)3)30-23(19-5-7-20(36-4)8-6-19)31-25(22)34-11-9-27-10-12-34/h5-8,13-14,16,27H,1,9-12,15,17H2,2-4H3/b18-13+,28-14?. The van der Waals surface area contributed by atoms with Crippen molar-refractivity contribution in [3.05, 3.63) is 41.9 Å². The number of aromatic nitrogens is 4. The highest BCUT2D eigenvalue weighted by molar-refractivity contribution is 6.01. The van der Waals surface area contributed by atoms with Crippen molar-refractivity contribution in [2.24, 2.45) is 17.0 Å². The van der Waals surface area contributed by atoms with Crippen LogP contribution in [-0.4, -0.2) is 90.6 Å². The molecule has 0 spiro atoms. The molecule has 0 radical (unpaired) electrons. The molecular formula is C25H31N9O2. The van der Waals surface area contributed by atoms with Gasteiger partial charge in [-0.3, -0.25) is 19.7 Å². The lowest BCUT2D eigenvalue weighted by molar-refractivity contribution is -0.104. The van der Waals surface area contributed by atoms with E-state index in [0.717, 1.165) is 60.3 Å². The second-order valence-corrected chi connectivity index (χ2v) is 8.49. The summed E-state index contributed by atoms with van der Waals surface area (Å²) in [6.45, 7) is 7.77. The SMILES string of the molecule is C=N/C=C(/C=O)C=NCN(C)Cc1nc2c(N3CCNCC3)nc(-c3ccc(OC)cc3)nc2n1C. The zero-order valence-electron chi connectivity index (χ0n) is 20.9. The fraction of sp³-hybridized carbons (Fsp3) is 0.360. The number of nitrogens with zero attached hydrogens (tertiary/aromatic N) is 8. The van der Waals surface area contributed by atoms with Crippen molar-refractivity contribution in [3.8, 4) is 17.1 Å². The van der Waals surface area contributed by atoms with Gasteiger partial charge in [0, 0.05) is 51.2 Å². The maximum Gasteiger partial charge on any atom is 0.166 e. The monoisotopic (exact) mass is 489 g/mol. The maximum absolute atomic E-state index is 11.0. The minimum atomic E-state index is 0.364. The molecule has 1 N–H and O–H groups in total. The van der Waals surface area contributed by atoms with E-state index in [1.807, 2.05) is 47.8 Å². The Morgan fingerprint density at radius 3 is 2.64 bits per heavy atom. The van der Waals surface area contributed by atoms with Gasteiger partial charge in [0.25, 0.3) is 0 Å². The summed E-state index contributed by atoms with van der Waals surface area (Å²) in [4.78, 5) is 38.0. The third kappa shape index (κ3) is 5.64. The van der Waals surface area contributed by atoms with Crippen LogP contribution in [0, 0.1) is 0 Å². The van der Waals surface area contributed by atoms with Gasteiger partial charge >= 0.3 is 0 Å². The minimum Gasteiger partial charge on any atom is -0.497 e. The zero-order valence-corrected chi connectivity index (χ0v) is 20.9. The molecule has 2 aromatic heterocycles. The van der Waals surface area contributed by atoms with Crippen molar-refractivity contribution in [2.45, 2.75) is 6.54 Å². The molecule has 36 heavy (non-hydrogen) atoms. The average Bonchev–Trinajstić information content (AvgIpc) is 3.22. The molecule has 0 bridgehead atoms. The van der Waals surface area contributed by atoms with Crippen LogP contribution >= 0.6 is 0 Å². The third-order valence-electron chi connectivity index (χ3n) is 5.91. The van der Waals surface area contributed by atoms with Crippen LogP contribution in [0.2, 0.25) is 0 Å². The molecule has 11 nitrogen and oxygen atoms in total. The molecule has 0 unspecified atom stereocenters. The number of carbonyl (C=O) groups excluding carboxylic acids is 1. The van der Waals surface area contributed by atoms with Gasteiger partial charge < -0.3 is 19.5 Å². The molecule has 0 aliphatic carbocycles. The van der Waals surface area contributed by atoms with Crippen LogP contribution in [-0.2, 0) is 18.4 Å². The number of ether oxygens (including phenoxy) is 1. The summed E-state index contributed by atoms with van der Waals surface area (Å²) in [5.41, 5.74) is 2.84. The maximum atomic E-state index is 11.0. The number of hydrogen-bond donors (Lipinski definition) is 1. The molecule has 4 rings (SSSR count). The number of aldehydes is 1. The van der Waals surface area contributed by atoms with Crippen molar-refractivity contribution < 1.29 is 9.53 Å². The fourth-order valence-corrected chi connectivity index (χ4v) is 3.98. The predicted octanol–water partition coefficient (Wildman–Crippen LogP) is 1.69. The number of aliphatic imine (C=N–C) groups is 2. The number of imidazole rings is 1. The number of aryl methyl sites for hydroxylation is 1. The Balaban J connectivity index is 1.67. The summed E-state index contributed by atoms with van der Waals surface area (Å²) in [5, 5.41) is 3.39. The van der Waals surface area contributed by atoms with Gasteiger partial charge in [0.1, 0.15) is 11.6 Å². The van der Waals surface area contributed by atoms with Crippen molar-refractivity contribution in [3.63, 3.8) is 0 Å². The number of benzene rings is 1. The lowest BCUT2D eigenvalue weighted by Gasteiger charge is -2.28. The highest BCUT2D eigenvalue weighted by Crippen LogP contribution is 2.29. The van der Waals surface area contributed by atoms with Crippen molar-refractivity contribution in [1.82, 2.24) is 29.7 Å². The van der Waals surface area contributed by atoms with E-state index in [4.69, 9.17) is 19.7 Å². The van der Waals surface area contributed by atoms with Crippen LogP contribution in [0.5, 0.6) is 5.75 Å².